The predicted octanol–water partition coefficient (Wildman–Crippen LogP) is 4.32. The molecule has 0 amide bonds. The van der Waals surface area contributed by atoms with E-state index in [0.717, 1.165) is 39.8 Å². The molecule has 4 rings (SSSR count). The van der Waals surface area contributed by atoms with Gasteiger partial charge in [0.2, 0.25) is 0 Å². The number of rotatable bonds is 5. The molecule has 1 aromatic heterocycles. The van der Waals surface area contributed by atoms with Crippen LogP contribution in [0.4, 0.5) is 4.39 Å². The molecule has 3 aromatic rings. The summed E-state index contributed by atoms with van der Waals surface area (Å²) in [6, 6.07) is 13.8. The van der Waals surface area contributed by atoms with Gasteiger partial charge in [0.05, 0.1) is 23.4 Å². The molecule has 2 heterocycles. The predicted molar refractivity (Wildman–Crippen MR) is 107 cm³/mol. The zero-order valence-corrected chi connectivity index (χ0v) is 16.3. The molecule has 0 saturated heterocycles. The first-order chi connectivity index (χ1) is 13.2. The fraction of sp³-hybridized carbons (Fsp3) is 0.200. The van der Waals surface area contributed by atoms with Crippen molar-refractivity contribution in [2.24, 2.45) is 0 Å². The Morgan fingerprint density at radius 2 is 2.07 bits per heavy atom. The molecule has 1 aliphatic heterocycles. The van der Waals surface area contributed by atoms with Gasteiger partial charge in [0.25, 0.3) is 5.56 Å². The summed E-state index contributed by atoms with van der Waals surface area (Å²) in [7, 11) is 1.61. The van der Waals surface area contributed by atoms with Crippen LogP contribution in [0.1, 0.15) is 11.3 Å². The number of thioether (sulfide) groups is 2. The third-order valence-electron chi connectivity index (χ3n) is 4.25. The zero-order chi connectivity index (χ0) is 18.8. The van der Waals surface area contributed by atoms with E-state index in [1.165, 1.54) is 23.9 Å². The summed E-state index contributed by atoms with van der Waals surface area (Å²) in [4.78, 5) is 18.6. The van der Waals surface area contributed by atoms with E-state index in [0.29, 0.717) is 10.9 Å². The lowest BCUT2D eigenvalue weighted by Gasteiger charge is -2.14. The van der Waals surface area contributed by atoms with Gasteiger partial charge >= 0.3 is 0 Å². The number of hydrogen-bond donors (Lipinski definition) is 0. The lowest BCUT2D eigenvalue weighted by atomic mass is 10.2. The number of aromatic nitrogens is 2. The Labute approximate surface area is 164 Å². The minimum absolute atomic E-state index is 0.0468. The molecule has 4 nitrogen and oxygen atoms in total. The molecule has 138 valence electrons. The summed E-state index contributed by atoms with van der Waals surface area (Å²) in [5, 5.41) is 0.621. The molecule has 0 radical (unpaired) electrons. The Kier molecular flexibility index (Phi) is 5.22. The quantitative estimate of drug-likeness (QED) is 0.471. The van der Waals surface area contributed by atoms with E-state index < -0.39 is 0 Å². The van der Waals surface area contributed by atoms with Crippen LogP contribution in [0.5, 0.6) is 5.75 Å². The number of hydrogen-bond acceptors (Lipinski definition) is 5. The highest BCUT2D eigenvalue weighted by molar-refractivity contribution is 7.99. The van der Waals surface area contributed by atoms with Crippen LogP contribution in [-0.2, 0) is 12.2 Å². The van der Waals surface area contributed by atoms with Crippen molar-refractivity contribution in [1.82, 2.24) is 9.55 Å². The molecule has 0 atom stereocenters. The molecule has 0 fully saturated rings. The first kappa shape index (κ1) is 18.1. The molecule has 0 saturated carbocycles. The monoisotopic (exact) mass is 400 g/mol. The van der Waals surface area contributed by atoms with Gasteiger partial charge < -0.3 is 4.74 Å². The first-order valence-corrected chi connectivity index (χ1v) is 10.4. The fourth-order valence-corrected chi connectivity index (χ4v) is 4.92. The van der Waals surface area contributed by atoms with Crippen molar-refractivity contribution in [2.75, 3.05) is 12.9 Å². The summed E-state index contributed by atoms with van der Waals surface area (Å²) in [5.74, 6) is 1.87. The maximum absolute atomic E-state index is 13.5. The minimum Gasteiger partial charge on any atom is -0.497 e. The standard InChI is InChI=1S/C20H17FN2O2S2/c1-25-16-7-5-15(6-8-16)23-19(24)18-17(9-10-26-18)22-20(23)27-12-13-3-2-4-14(21)11-13/h2-8,11H,9-10,12H2,1H3. The van der Waals surface area contributed by atoms with E-state index >= 15 is 0 Å². The average Bonchev–Trinajstić information content (AvgIpc) is 3.16. The van der Waals surface area contributed by atoms with Gasteiger partial charge in [0, 0.05) is 17.9 Å². The van der Waals surface area contributed by atoms with Crippen LogP contribution in [-0.4, -0.2) is 22.4 Å². The first-order valence-electron chi connectivity index (χ1n) is 8.46. The van der Waals surface area contributed by atoms with E-state index in [-0.39, 0.29) is 11.4 Å². The van der Waals surface area contributed by atoms with Crippen molar-refractivity contribution in [3.05, 3.63) is 76.0 Å². The SMILES string of the molecule is COc1ccc(-n2c(SCc3cccc(F)c3)nc3c(c2=O)SCC3)cc1. The topological polar surface area (TPSA) is 44.1 Å². The summed E-state index contributed by atoms with van der Waals surface area (Å²) in [6.07, 6.45) is 0.798. The Hall–Kier alpha value is -2.25. The van der Waals surface area contributed by atoms with Crippen molar-refractivity contribution < 1.29 is 9.13 Å². The normalized spacial score (nSPS) is 12.8. The third-order valence-corrected chi connectivity index (χ3v) is 6.37. The van der Waals surface area contributed by atoms with Crippen LogP contribution in [0, 0.1) is 5.82 Å². The van der Waals surface area contributed by atoms with E-state index in [9.17, 15) is 9.18 Å². The lowest BCUT2D eigenvalue weighted by Crippen LogP contribution is -2.23. The van der Waals surface area contributed by atoms with Crippen LogP contribution in [0.3, 0.4) is 0 Å². The molecule has 0 unspecified atom stereocenters. The molecule has 2 aromatic carbocycles. The van der Waals surface area contributed by atoms with Crippen LogP contribution >= 0.6 is 23.5 Å². The maximum atomic E-state index is 13.5. The van der Waals surface area contributed by atoms with Crippen LogP contribution in [0.15, 0.2) is 63.4 Å². The summed E-state index contributed by atoms with van der Waals surface area (Å²) in [5.41, 5.74) is 2.40. The molecule has 0 aliphatic carbocycles. The van der Waals surface area contributed by atoms with Crippen LogP contribution in [0.2, 0.25) is 0 Å². The molecular formula is C20H17FN2O2S2. The summed E-state index contributed by atoms with van der Waals surface area (Å²) in [6.45, 7) is 0. The second-order valence-electron chi connectivity index (χ2n) is 6.03. The molecule has 0 bridgehead atoms. The van der Waals surface area contributed by atoms with Crippen molar-refractivity contribution in [1.29, 1.82) is 0 Å². The fourth-order valence-electron chi connectivity index (χ4n) is 2.92. The lowest BCUT2D eigenvalue weighted by molar-refractivity contribution is 0.414. The number of fused-ring (bicyclic) bond motifs is 1. The highest BCUT2D eigenvalue weighted by Gasteiger charge is 2.22. The molecule has 0 N–H and O–H groups in total. The van der Waals surface area contributed by atoms with E-state index in [1.54, 1.807) is 29.5 Å². The van der Waals surface area contributed by atoms with Gasteiger partial charge in [0.15, 0.2) is 5.16 Å². The summed E-state index contributed by atoms with van der Waals surface area (Å²) < 4.78 is 20.3. The van der Waals surface area contributed by atoms with E-state index in [2.05, 4.69) is 0 Å². The van der Waals surface area contributed by atoms with Gasteiger partial charge in [-0.3, -0.25) is 9.36 Å². The largest absolute Gasteiger partial charge is 0.497 e. The molecule has 0 spiro atoms. The average molecular weight is 401 g/mol. The number of methoxy groups -OCH3 is 1. The maximum Gasteiger partial charge on any atom is 0.272 e. The van der Waals surface area contributed by atoms with Crippen molar-refractivity contribution in [3.8, 4) is 11.4 Å². The summed E-state index contributed by atoms with van der Waals surface area (Å²) >= 11 is 3.00. The molecule has 27 heavy (non-hydrogen) atoms. The smallest absolute Gasteiger partial charge is 0.272 e. The number of ether oxygens (including phenoxy) is 1. The number of benzene rings is 2. The van der Waals surface area contributed by atoms with Crippen molar-refractivity contribution >= 4 is 23.5 Å². The van der Waals surface area contributed by atoms with Gasteiger partial charge in [-0.1, -0.05) is 23.9 Å². The van der Waals surface area contributed by atoms with Gasteiger partial charge in [-0.15, -0.1) is 11.8 Å². The number of halogens is 1. The number of nitrogens with zero attached hydrogens (tertiary/aromatic N) is 2. The van der Waals surface area contributed by atoms with Gasteiger partial charge in [-0.05, 0) is 42.0 Å². The van der Waals surface area contributed by atoms with E-state index in [1.807, 2.05) is 30.3 Å². The second-order valence-corrected chi connectivity index (χ2v) is 8.07. The molecule has 7 heteroatoms. The Balaban J connectivity index is 1.75. The van der Waals surface area contributed by atoms with Crippen LogP contribution < -0.4 is 10.3 Å². The molecular weight excluding hydrogens is 383 g/mol. The van der Waals surface area contributed by atoms with Gasteiger partial charge in [0.1, 0.15) is 11.6 Å². The van der Waals surface area contributed by atoms with Crippen molar-refractivity contribution in [2.45, 2.75) is 22.2 Å². The van der Waals surface area contributed by atoms with Gasteiger partial charge in [-0.25, -0.2) is 9.37 Å². The highest BCUT2D eigenvalue weighted by Crippen LogP contribution is 2.31. The second kappa shape index (κ2) is 7.78. The Morgan fingerprint density at radius 3 is 2.81 bits per heavy atom. The minimum atomic E-state index is -0.265. The molecule has 1 aliphatic rings. The van der Waals surface area contributed by atoms with Gasteiger partial charge in [-0.2, -0.15) is 0 Å². The zero-order valence-electron chi connectivity index (χ0n) is 14.6. The third kappa shape index (κ3) is 3.75. The number of aryl methyl sites for hydroxylation is 1. The Morgan fingerprint density at radius 1 is 1.26 bits per heavy atom. The van der Waals surface area contributed by atoms with Crippen LogP contribution in [0.25, 0.3) is 5.69 Å². The Bertz CT molecular complexity index is 1040. The van der Waals surface area contributed by atoms with Crippen molar-refractivity contribution in [3.63, 3.8) is 0 Å². The van der Waals surface area contributed by atoms with E-state index in [4.69, 9.17) is 9.72 Å². The highest BCUT2D eigenvalue weighted by atomic mass is 32.2.